The largest absolute Gasteiger partial charge is 0.369 e. The van der Waals surface area contributed by atoms with E-state index in [4.69, 9.17) is 11.6 Å². The van der Waals surface area contributed by atoms with Gasteiger partial charge in [-0.2, -0.15) is 0 Å². The highest BCUT2D eigenvalue weighted by Gasteiger charge is 2.26. The summed E-state index contributed by atoms with van der Waals surface area (Å²) in [6, 6.07) is 12.2. The van der Waals surface area contributed by atoms with Crippen LogP contribution in [0.25, 0.3) is 0 Å². The lowest BCUT2D eigenvalue weighted by Gasteiger charge is -2.40. The number of piperazine rings is 1. The Labute approximate surface area is 176 Å². The maximum absolute atomic E-state index is 12.6. The van der Waals surface area contributed by atoms with E-state index in [0.717, 1.165) is 47.0 Å². The van der Waals surface area contributed by atoms with Crippen molar-refractivity contribution in [1.29, 1.82) is 0 Å². The van der Waals surface area contributed by atoms with Gasteiger partial charge in [-0.15, -0.1) is 0 Å². The Morgan fingerprint density at radius 1 is 1.14 bits per heavy atom. The van der Waals surface area contributed by atoms with Crippen LogP contribution in [0.4, 0.5) is 11.4 Å². The average molecular weight is 412 g/mol. The summed E-state index contributed by atoms with van der Waals surface area (Å²) in [5, 5.41) is 3.78. The fraction of sp³-hybridized carbons (Fsp3) is 0.391. The van der Waals surface area contributed by atoms with Crippen LogP contribution < -0.4 is 10.2 Å². The van der Waals surface area contributed by atoms with Crippen LogP contribution in [0.3, 0.4) is 0 Å². The van der Waals surface area contributed by atoms with Crippen molar-refractivity contribution in [1.82, 2.24) is 4.90 Å². The van der Waals surface area contributed by atoms with Gasteiger partial charge in [0.25, 0.3) is 0 Å². The van der Waals surface area contributed by atoms with Crippen LogP contribution in [0.2, 0.25) is 5.02 Å². The van der Waals surface area contributed by atoms with Crippen molar-refractivity contribution in [2.45, 2.75) is 32.7 Å². The maximum atomic E-state index is 12.6. The number of nitrogens with one attached hydrogen (secondary N) is 1. The number of rotatable bonds is 4. The Balaban J connectivity index is 1.33. The lowest BCUT2D eigenvalue weighted by molar-refractivity contribution is -0.118. The van der Waals surface area contributed by atoms with E-state index in [9.17, 15) is 9.59 Å². The Bertz CT molecular complexity index is 959. The zero-order valence-corrected chi connectivity index (χ0v) is 17.6. The molecule has 2 aromatic rings. The third kappa shape index (κ3) is 4.46. The first-order chi connectivity index (χ1) is 13.9. The van der Waals surface area contributed by atoms with Gasteiger partial charge in [0, 0.05) is 54.9 Å². The number of ketones is 1. The topological polar surface area (TPSA) is 52.6 Å². The molecule has 0 saturated carbocycles. The molecule has 0 bridgehead atoms. The van der Waals surface area contributed by atoms with Crippen LogP contribution in [-0.2, 0) is 22.4 Å². The first-order valence-electron chi connectivity index (χ1n) is 10.1. The summed E-state index contributed by atoms with van der Waals surface area (Å²) >= 11 is 6.15. The summed E-state index contributed by atoms with van der Waals surface area (Å²) in [5.74, 6) is 0.225. The lowest BCUT2D eigenvalue weighted by atomic mass is 10.1. The molecule has 2 aromatic carbocycles. The standard InChI is InChI=1S/C23H26ClN3O2/c1-15-9-20(5-6-22(15)24)27-8-7-26(16(2)13-27)14-23(29)25-19-4-3-17-11-21(28)12-18(17)10-19/h3-6,9-10,16H,7-8,11-14H2,1-2H3,(H,25,29)/t16-/m1/s1. The van der Waals surface area contributed by atoms with Crippen LogP contribution in [0.15, 0.2) is 36.4 Å². The molecule has 1 heterocycles. The number of Topliss-reactive ketones (excluding diaryl/α,β-unsaturated/α-hetero) is 1. The molecule has 2 aliphatic rings. The average Bonchev–Trinajstić information content (AvgIpc) is 3.05. The third-order valence-electron chi connectivity index (χ3n) is 5.88. The lowest BCUT2D eigenvalue weighted by Crippen LogP contribution is -2.53. The number of fused-ring (bicyclic) bond motifs is 1. The number of hydrogen-bond acceptors (Lipinski definition) is 4. The summed E-state index contributed by atoms with van der Waals surface area (Å²) in [7, 11) is 0. The summed E-state index contributed by atoms with van der Waals surface area (Å²) in [6.07, 6.45) is 0.987. The molecule has 4 rings (SSSR count). The molecule has 6 heteroatoms. The predicted octanol–water partition coefficient (Wildman–Crippen LogP) is 3.47. The van der Waals surface area contributed by atoms with Gasteiger partial charge in [0.2, 0.25) is 5.91 Å². The van der Waals surface area contributed by atoms with Gasteiger partial charge in [-0.25, -0.2) is 0 Å². The van der Waals surface area contributed by atoms with E-state index in [1.807, 2.05) is 31.2 Å². The second-order valence-corrected chi connectivity index (χ2v) is 8.53. The molecule has 1 N–H and O–H groups in total. The molecule has 0 aromatic heterocycles. The number of carbonyl (C=O) groups excluding carboxylic acids is 2. The fourth-order valence-electron chi connectivity index (χ4n) is 4.20. The molecular formula is C23H26ClN3O2. The molecule has 1 atom stereocenters. The molecule has 152 valence electrons. The molecule has 1 fully saturated rings. The first-order valence-corrected chi connectivity index (χ1v) is 10.5. The first kappa shape index (κ1) is 19.9. The Morgan fingerprint density at radius 2 is 1.93 bits per heavy atom. The number of nitrogens with zero attached hydrogens (tertiary/aromatic N) is 2. The van der Waals surface area contributed by atoms with Crippen molar-refractivity contribution in [3.8, 4) is 0 Å². The van der Waals surface area contributed by atoms with Crippen LogP contribution in [0, 0.1) is 6.92 Å². The van der Waals surface area contributed by atoms with Gasteiger partial charge < -0.3 is 10.2 Å². The van der Waals surface area contributed by atoms with Gasteiger partial charge in [0.05, 0.1) is 6.54 Å². The van der Waals surface area contributed by atoms with Crippen LogP contribution in [-0.4, -0.2) is 48.8 Å². The van der Waals surface area contributed by atoms with E-state index in [1.165, 1.54) is 5.69 Å². The fourth-order valence-corrected chi connectivity index (χ4v) is 4.32. The Kier molecular flexibility index (Phi) is 5.61. The van der Waals surface area contributed by atoms with Gasteiger partial charge >= 0.3 is 0 Å². The normalized spacial score (nSPS) is 19.3. The summed E-state index contributed by atoms with van der Waals surface area (Å²) < 4.78 is 0. The molecule has 0 spiro atoms. The highest BCUT2D eigenvalue weighted by molar-refractivity contribution is 6.31. The van der Waals surface area contributed by atoms with E-state index >= 15 is 0 Å². The minimum atomic E-state index is -0.0167. The number of hydrogen-bond donors (Lipinski definition) is 1. The number of aryl methyl sites for hydroxylation is 1. The van der Waals surface area contributed by atoms with Crippen molar-refractivity contribution in [2.75, 3.05) is 36.4 Å². The Morgan fingerprint density at radius 3 is 2.69 bits per heavy atom. The van der Waals surface area contributed by atoms with Crippen molar-refractivity contribution < 1.29 is 9.59 Å². The van der Waals surface area contributed by atoms with E-state index in [-0.39, 0.29) is 17.7 Å². The summed E-state index contributed by atoms with van der Waals surface area (Å²) in [6.45, 7) is 7.11. The number of amides is 1. The van der Waals surface area contributed by atoms with E-state index in [2.05, 4.69) is 34.2 Å². The SMILES string of the molecule is Cc1cc(N2CCN(CC(=O)Nc3ccc4c(c3)CC(=O)C4)[C@H](C)C2)ccc1Cl. The molecule has 1 saturated heterocycles. The Hall–Kier alpha value is -2.37. The van der Waals surface area contributed by atoms with Gasteiger partial charge in [-0.05, 0) is 60.9 Å². The predicted molar refractivity (Wildman–Crippen MR) is 117 cm³/mol. The second-order valence-electron chi connectivity index (χ2n) is 8.12. The van der Waals surface area contributed by atoms with Crippen molar-refractivity contribution in [2.24, 2.45) is 0 Å². The minimum absolute atomic E-state index is 0.0167. The van der Waals surface area contributed by atoms with Crippen LogP contribution in [0.1, 0.15) is 23.6 Å². The number of carbonyl (C=O) groups is 2. The summed E-state index contributed by atoms with van der Waals surface area (Å²) in [4.78, 5) is 28.7. The molecule has 5 nitrogen and oxygen atoms in total. The second kappa shape index (κ2) is 8.17. The molecule has 0 unspecified atom stereocenters. The van der Waals surface area contributed by atoms with Gasteiger partial charge in [-0.1, -0.05) is 17.7 Å². The van der Waals surface area contributed by atoms with Gasteiger partial charge in [-0.3, -0.25) is 14.5 Å². The van der Waals surface area contributed by atoms with E-state index in [0.29, 0.717) is 19.4 Å². The van der Waals surface area contributed by atoms with Crippen molar-refractivity contribution in [3.63, 3.8) is 0 Å². The monoisotopic (exact) mass is 411 g/mol. The molecule has 1 amide bonds. The summed E-state index contributed by atoms with van der Waals surface area (Å²) in [5.41, 5.74) is 5.14. The zero-order valence-electron chi connectivity index (χ0n) is 16.9. The smallest absolute Gasteiger partial charge is 0.238 e. The zero-order chi connectivity index (χ0) is 20.5. The molecular weight excluding hydrogens is 386 g/mol. The maximum Gasteiger partial charge on any atom is 0.238 e. The van der Waals surface area contributed by atoms with E-state index in [1.54, 1.807) is 0 Å². The third-order valence-corrected chi connectivity index (χ3v) is 6.31. The quantitative estimate of drug-likeness (QED) is 0.837. The van der Waals surface area contributed by atoms with Crippen LogP contribution >= 0.6 is 11.6 Å². The van der Waals surface area contributed by atoms with Crippen molar-refractivity contribution in [3.05, 3.63) is 58.1 Å². The number of anilines is 2. The highest BCUT2D eigenvalue weighted by atomic mass is 35.5. The highest BCUT2D eigenvalue weighted by Crippen LogP contribution is 2.25. The van der Waals surface area contributed by atoms with E-state index < -0.39 is 0 Å². The van der Waals surface area contributed by atoms with Gasteiger partial charge in [0.15, 0.2) is 0 Å². The molecule has 0 radical (unpaired) electrons. The molecule has 1 aliphatic carbocycles. The number of benzene rings is 2. The minimum Gasteiger partial charge on any atom is -0.369 e. The van der Waals surface area contributed by atoms with Gasteiger partial charge in [0.1, 0.15) is 5.78 Å². The van der Waals surface area contributed by atoms with Crippen LogP contribution in [0.5, 0.6) is 0 Å². The molecule has 29 heavy (non-hydrogen) atoms. The van der Waals surface area contributed by atoms with Crippen molar-refractivity contribution >= 4 is 34.7 Å². The number of halogens is 1. The molecule has 1 aliphatic heterocycles.